The predicted octanol–water partition coefficient (Wildman–Crippen LogP) is 2.35. The molecule has 0 saturated carbocycles. The first-order valence-electron chi connectivity index (χ1n) is 6.17. The zero-order chi connectivity index (χ0) is 15.5. The number of nitro groups is 1. The lowest BCUT2D eigenvalue weighted by Crippen LogP contribution is -2.55. The molecule has 1 unspecified atom stereocenters. The monoisotopic (exact) mass is 299 g/mol. The minimum Gasteiger partial charge on any atom is -0.345 e. The summed E-state index contributed by atoms with van der Waals surface area (Å²) >= 11 is 5.80. The molecule has 0 aliphatic heterocycles. The second-order valence-corrected chi connectivity index (χ2v) is 5.62. The minimum absolute atomic E-state index is 0.116. The SMILES string of the molecule is CC(C)C(C)(CN)NC(=O)c1cc(Cl)cc([N+](=O)[O-])c1. The Balaban J connectivity index is 3.07. The number of nitro benzene ring substituents is 1. The number of benzene rings is 1. The highest BCUT2D eigenvalue weighted by atomic mass is 35.5. The molecule has 0 radical (unpaired) electrons. The Morgan fingerprint density at radius 1 is 1.50 bits per heavy atom. The summed E-state index contributed by atoms with van der Waals surface area (Å²) in [5, 5.41) is 13.7. The summed E-state index contributed by atoms with van der Waals surface area (Å²) in [7, 11) is 0. The van der Waals surface area contributed by atoms with E-state index in [1.807, 2.05) is 20.8 Å². The summed E-state index contributed by atoms with van der Waals surface area (Å²) in [5.74, 6) is -0.317. The first kappa shape index (κ1) is 16.4. The maximum Gasteiger partial charge on any atom is 0.271 e. The lowest BCUT2D eigenvalue weighted by molar-refractivity contribution is -0.384. The molecule has 6 nitrogen and oxygen atoms in total. The first-order valence-corrected chi connectivity index (χ1v) is 6.55. The molecule has 0 aliphatic carbocycles. The van der Waals surface area contributed by atoms with Gasteiger partial charge in [0, 0.05) is 29.3 Å². The van der Waals surface area contributed by atoms with Crippen molar-refractivity contribution in [2.45, 2.75) is 26.3 Å². The van der Waals surface area contributed by atoms with Crippen LogP contribution in [0, 0.1) is 16.0 Å². The van der Waals surface area contributed by atoms with E-state index >= 15 is 0 Å². The second kappa shape index (κ2) is 6.19. The first-order chi connectivity index (χ1) is 9.19. The van der Waals surface area contributed by atoms with Gasteiger partial charge >= 0.3 is 0 Å². The summed E-state index contributed by atoms with van der Waals surface area (Å²) in [4.78, 5) is 22.4. The number of rotatable bonds is 5. The molecule has 1 atom stereocenters. The summed E-state index contributed by atoms with van der Waals surface area (Å²) < 4.78 is 0. The average Bonchev–Trinajstić information content (AvgIpc) is 2.37. The fourth-order valence-corrected chi connectivity index (χ4v) is 1.80. The van der Waals surface area contributed by atoms with Gasteiger partial charge in [-0.15, -0.1) is 0 Å². The van der Waals surface area contributed by atoms with Gasteiger partial charge < -0.3 is 11.1 Å². The second-order valence-electron chi connectivity index (χ2n) is 5.19. The standard InChI is InChI=1S/C13H18ClN3O3/c1-8(2)13(3,7-15)16-12(18)9-4-10(14)6-11(5-9)17(19)20/h4-6,8H,7,15H2,1-3H3,(H,16,18). The van der Waals surface area contributed by atoms with Gasteiger partial charge in [0.15, 0.2) is 0 Å². The maximum absolute atomic E-state index is 12.2. The number of hydrogen-bond donors (Lipinski definition) is 2. The van der Waals surface area contributed by atoms with Gasteiger partial charge in [-0.1, -0.05) is 25.4 Å². The number of nitrogens with zero attached hydrogens (tertiary/aromatic N) is 1. The number of nitrogens with one attached hydrogen (secondary N) is 1. The molecule has 0 heterocycles. The maximum atomic E-state index is 12.2. The van der Waals surface area contributed by atoms with E-state index in [0.717, 1.165) is 0 Å². The van der Waals surface area contributed by atoms with E-state index in [4.69, 9.17) is 17.3 Å². The van der Waals surface area contributed by atoms with Crippen molar-refractivity contribution in [3.63, 3.8) is 0 Å². The van der Waals surface area contributed by atoms with Crippen molar-refractivity contribution in [1.82, 2.24) is 5.32 Å². The van der Waals surface area contributed by atoms with Gasteiger partial charge in [0.05, 0.1) is 10.5 Å². The van der Waals surface area contributed by atoms with Crippen LogP contribution in [0.3, 0.4) is 0 Å². The smallest absolute Gasteiger partial charge is 0.271 e. The lowest BCUT2D eigenvalue weighted by Gasteiger charge is -2.33. The van der Waals surface area contributed by atoms with Crippen LogP contribution in [0.1, 0.15) is 31.1 Å². The molecule has 0 fully saturated rings. The zero-order valence-corrected chi connectivity index (χ0v) is 12.4. The zero-order valence-electron chi connectivity index (χ0n) is 11.6. The fraction of sp³-hybridized carbons (Fsp3) is 0.462. The van der Waals surface area contributed by atoms with Crippen LogP contribution in [-0.4, -0.2) is 22.9 Å². The van der Waals surface area contributed by atoms with Gasteiger partial charge in [-0.3, -0.25) is 14.9 Å². The Bertz CT molecular complexity index is 534. The minimum atomic E-state index is -0.590. The summed E-state index contributed by atoms with van der Waals surface area (Å²) in [6.07, 6.45) is 0. The van der Waals surface area contributed by atoms with Gasteiger partial charge in [0.2, 0.25) is 0 Å². The number of carbonyl (C=O) groups is 1. The van der Waals surface area contributed by atoms with Gasteiger partial charge in [-0.2, -0.15) is 0 Å². The van der Waals surface area contributed by atoms with Crippen LogP contribution in [0.2, 0.25) is 5.02 Å². The molecule has 0 aromatic heterocycles. The van der Waals surface area contributed by atoms with Crippen LogP contribution < -0.4 is 11.1 Å². The third kappa shape index (κ3) is 3.68. The molecule has 1 aromatic rings. The van der Waals surface area contributed by atoms with E-state index in [1.165, 1.54) is 18.2 Å². The molecular weight excluding hydrogens is 282 g/mol. The normalized spacial score (nSPS) is 13.9. The average molecular weight is 300 g/mol. The van der Waals surface area contributed by atoms with Crippen molar-refractivity contribution >= 4 is 23.2 Å². The Labute approximate surface area is 122 Å². The molecule has 1 rings (SSSR count). The van der Waals surface area contributed by atoms with Gasteiger partial charge in [-0.25, -0.2) is 0 Å². The molecule has 1 amide bonds. The van der Waals surface area contributed by atoms with Crippen molar-refractivity contribution in [3.8, 4) is 0 Å². The molecule has 7 heteroatoms. The number of nitrogens with two attached hydrogens (primary N) is 1. The van der Waals surface area contributed by atoms with Crippen LogP contribution in [0.25, 0.3) is 0 Å². The molecule has 3 N–H and O–H groups in total. The molecule has 0 spiro atoms. The van der Waals surface area contributed by atoms with E-state index < -0.39 is 16.4 Å². The molecular formula is C13H18ClN3O3. The van der Waals surface area contributed by atoms with Crippen molar-refractivity contribution in [3.05, 3.63) is 38.9 Å². The summed E-state index contributed by atoms with van der Waals surface area (Å²) in [5.41, 5.74) is 5.03. The van der Waals surface area contributed by atoms with Gasteiger partial charge in [0.25, 0.3) is 11.6 Å². The topological polar surface area (TPSA) is 98.3 Å². The largest absolute Gasteiger partial charge is 0.345 e. The molecule has 1 aromatic carbocycles. The van der Waals surface area contributed by atoms with E-state index in [-0.39, 0.29) is 28.7 Å². The third-order valence-corrected chi connectivity index (χ3v) is 3.67. The Morgan fingerprint density at radius 2 is 2.10 bits per heavy atom. The van der Waals surface area contributed by atoms with Crippen molar-refractivity contribution < 1.29 is 9.72 Å². The van der Waals surface area contributed by atoms with Crippen LogP contribution in [0.5, 0.6) is 0 Å². The number of non-ortho nitro benzene ring substituents is 1. The molecule has 0 bridgehead atoms. The van der Waals surface area contributed by atoms with E-state index in [9.17, 15) is 14.9 Å². The molecule has 0 aliphatic rings. The highest BCUT2D eigenvalue weighted by Crippen LogP contribution is 2.22. The highest BCUT2D eigenvalue weighted by Gasteiger charge is 2.29. The van der Waals surface area contributed by atoms with E-state index in [1.54, 1.807) is 0 Å². The van der Waals surface area contributed by atoms with Crippen molar-refractivity contribution in [2.24, 2.45) is 11.7 Å². The number of halogens is 1. The van der Waals surface area contributed by atoms with Crippen molar-refractivity contribution in [1.29, 1.82) is 0 Å². The Hall–Kier alpha value is -1.66. The summed E-state index contributed by atoms with van der Waals surface area (Å²) in [6.45, 7) is 5.97. The van der Waals surface area contributed by atoms with Gasteiger partial charge in [0.1, 0.15) is 0 Å². The Morgan fingerprint density at radius 3 is 2.55 bits per heavy atom. The van der Waals surface area contributed by atoms with Crippen molar-refractivity contribution in [2.75, 3.05) is 6.54 Å². The molecule has 20 heavy (non-hydrogen) atoms. The third-order valence-electron chi connectivity index (χ3n) is 3.45. The van der Waals surface area contributed by atoms with Crippen LogP contribution >= 0.6 is 11.6 Å². The summed E-state index contributed by atoms with van der Waals surface area (Å²) in [6, 6.07) is 3.78. The fourth-order valence-electron chi connectivity index (χ4n) is 1.57. The molecule has 110 valence electrons. The van der Waals surface area contributed by atoms with E-state index in [0.29, 0.717) is 0 Å². The van der Waals surface area contributed by atoms with Crippen LogP contribution in [0.15, 0.2) is 18.2 Å². The van der Waals surface area contributed by atoms with Crippen LogP contribution in [-0.2, 0) is 0 Å². The Kier molecular flexibility index (Phi) is 5.08. The quantitative estimate of drug-likeness (QED) is 0.644. The lowest BCUT2D eigenvalue weighted by atomic mass is 9.88. The number of carbonyl (C=O) groups excluding carboxylic acids is 1. The number of hydrogen-bond acceptors (Lipinski definition) is 4. The van der Waals surface area contributed by atoms with E-state index in [2.05, 4.69) is 5.32 Å². The molecule has 0 saturated heterocycles. The van der Waals surface area contributed by atoms with Crippen LogP contribution in [0.4, 0.5) is 5.69 Å². The van der Waals surface area contributed by atoms with Gasteiger partial charge in [-0.05, 0) is 18.9 Å². The number of amides is 1. The predicted molar refractivity (Wildman–Crippen MR) is 77.9 cm³/mol. The highest BCUT2D eigenvalue weighted by molar-refractivity contribution is 6.31.